The molecule has 0 saturated heterocycles. The van der Waals surface area contributed by atoms with Gasteiger partial charge in [0.05, 0.1) is 34.4 Å². The summed E-state index contributed by atoms with van der Waals surface area (Å²) in [5.74, 6) is 0.0403. The molecule has 0 bridgehead atoms. The van der Waals surface area contributed by atoms with E-state index in [0.717, 1.165) is 23.1 Å². The number of carbonyl (C=O) groups excluding carboxylic acids is 1. The Hall–Kier alpha value is -3.82. The van der Waals surface area contributed by atoms with Gasteiger partial charge in [0, 0.05) is 31.7 Å². The standard InChI is InChI=1S/C22H23N7O3/c1-11(2)29-19-16(10-24-29)14(8-17(26-19)12-5-6-12)20(30)25-13-7-15-18(23-9-13)27(3)22(32)28(4)21(15)31/h7-12H,5-6H2,1-4H3,(H,25,30). The quantitative estimate of drug-likeness (QED) is 0.527. The van der Waals surface area contributed by atoms with Crippen molar-refractivity contribution in [3.63, 3.8) is 0 Å². The number of aromatic nitrogens is 6. The van der Waals surface area contributed by atoms with E-state index in [-0.39, 0.29) is 23.0 Å². The van der Waals surface area contributed by atoms with Crippen LogP contribution in [0.1, 0.15) is 54.7 Å². The van der Waals surface area contributed by atoms with Gasteiger partial charge in [-0.3, -0.25) is 18.7 Å². The molecule has 0 spiro atoms. The zero-order chi connectivity index (χ0) is 22.7. The lowest BCUT2D eigenvalue weighted by atomic mass is 10.1. The molecule has 5 rings (SSSR count). The number of hydrogen-bond acceptors (Lipinski definition) is 6. The summed E-state index contributed by atoms with van der Waals surface area (Å²) in [5.41, 5.74) is 1.77. The second kappa shape index (κ2) is 7.11. The van der Waals surface area contributed by atoms with Gasteiger partial charge in [0.25, 0.3) is 11.5 Å². The monoisotopic (exact) mass is 433 g/mol. The number of fused-ring (bicyclic) bond motifs is 2. The molecule has 32 heavy (non-hydrogen) atoms. The number of nitrogens with one attached hydrogen (secondary N) is 1. The van der Waals surface area contributed by atoms with Crippen molar-refractivity contribution in [2.75, 3.05) is 5.32 Å². The lowest BCUT2D eigenvalue weighted by Crippen LogP contribution is -2.37. The van der Waals surface area contributed by atoms with E-state index in [1.807, 2.05) is 24.6 Å². The minimum absolute atomic E-state index is 0.109. The van der Waals surface area contributed by atoms with Crippen LogP contribution in [-0.2, 0) is 14.1 Å². The molecule has 1 fully saturated rings. The smallest absolute Gasteiger partial charge is 0.321 e. The number of carbonyl (C=O) groups is 1. The summed E-state index contributed by atoms with van der Waals surface area (Å²) in [5, 5.41) is 8.20. The van der Waals surface area contributed by atoms with E-state index in [1.165, 1.54) is 17.8 Å². The molecule has 0 atom stereocenters. The van der Waals surface area contributed by atoms with Crippen LogP contribution in [-0.4, -0.2) is 34.8 Å². The van der Waals surface area contributed by atoms with Gasteiger partial charge in [0.15, 0.2) is 5.65 Å². The molecule has 4 heterocycles. The van der Waals surface area contributed by atoms with Crippen LogP contribution in [0, 0.1) is 0 Å². The molecule has 1 aliphatic carbocycles. The van der Waals surface area contributed by atoms with Crippen LogP contribution in [0.2, 0.25) is 0 Å². The average molecular weight is 433 g/mol. The van der Waals surface area contributed by atoms with Gasteiger partial charge in [-0.25, -0.2) is 19.4 Å². The van der Waals surface area contributed by atoms with Crippen molar-refractivity contribution in [2.24, 2.45) is 14.1 Å². The summed E-state index contributed by atoms with van der Waals surface area (Å²) >= 11 is 0. The topological polar surface area (TPSA) is 117 Å². The summed E-state index contributed by atoms with van der Waals surface area (Å²) < 4.78 is 4.14. The highest BCUT2D eigenvalue weighted by molar-refractivity contribution is 6.12. The third-order valence-electron chi connectivity index (χ3n) is 5.87. The van der Waals surface area contributed by atoms with E-state index < -0.39 is 11.2 Å². The summed E-state index contributed by atoms with van der Waals surface area (Å²) in [6.07, 6.45) is 5.23. The SMILES string of the molecule is CC(C)n1ncc2c(C(=O)Nc3cnc4c(c3)c(=O)n(C)c(=O)n4C)cc(C3CC3)nc21. The van der Waals surface area contributed by atoms with Crippen LogP contribution in [0.25, 0.3) is 22.1 Å². The van der Waals surface area contributed by atoms with Crippen LogP contribution in [0.3, 0.4) is 0 Å². The molecule has 0 aliphatic heterocycles. The first-order chi connectivity index (χ1) is 15.3. The van der Waals surface area contributed by atoms with Crippen molar-refractivity contribution in [3.8, 4) is 0 Å². The third kappa shape index (κ3) is 3.10. The zero-order valence-corrected chi connectivity index (χ0v) is 18.3. The summed E-state index contributed by atoms with van der Waals surface area (Å²) in [4.78, 5) is 47.0. The van der Waals surface area contributed by atoms with Crippen molar-refractivity contribution >= 4 is 33.7 Å². The molecule has 1 amide bonds. The van der Waals surface area contributed by atoms with E-state index >= 15 is 0 Å². The maximum absolute atomic E-state index is 13.3. The number of nitrogens with zero attached hydrogens (tertiary/aromatic N) is 6. The molecule has 1 N–H and O–H groups in total. The van der Waals surface area contributed by atoms with Gasteiger partial charge in [-0.05, 0) is 38.8 Å². The lowest BCUT2D eigenvalue weighted by molar-refractivity contribution is 0.102. The number of aryl methyl sites for hydroxylation is 1. The molecule has 1 aliphatic rings. The largest absolute Gasteiger partial charge is 0.332 e. The fourth-order valence-electron chi connectivity index (χ4n) is 3.92. The summed E-state index contributed by atoms with van der Waals surface area (Å²) in [6, 6.07) is 3.48. The minimum atomic E-state index is -0.466. The highest BCUT2D eigenvalue weighted by Crippen LogP contribution is 2.40. The summed E-state index contributed by atoms with van der Waals surface area (Å²) in [7, 11) is 2.96. The molecule has 0 unspecified atom stereocenters. The number of anilines is 1. The average Bonchev–Trinajstić information content (AvgIpc) is 3.54. The molecule has 164 valence electrons. The zero-order valence-electron chi connectivity index (χ0n) is 18.3. The molecule has 4 aromatic rings. The lowest BCUT2D eigenvalue weighted by Gasteiger charge is -2.11. The number of rotatable bonds is 4. The van der Waals surface area contributed by atoms with E-state index in [2.05, 4.69) is 15.4 Å². The summed E-state index contributed by atoms with van der Waals surface area (Å²) in [6.45, 7) is 4.04. The van der Waals surface area contributed by atoms with E-state index in [9.17, 15) is 14.4 Å². The van der Waals surface area contributed by atoms with Crippen molar-refractivity contribution < 1.29 is 4.79 Å². The Morgan fingerprint density at radius 2 is 1.81 bits per heavy atom. The second-order valence-electron chi connectivity index (χ2n) is 8.54. The van der Waals surface area contributed by atoms with Gasteiger partial charge in [-0.2, -0.15) is 5.10 Å². The Bertz CT molecular complexity index is 1520. The van der Waals surface area contributed by atoms with E-state index in [0.29, 0.717) is 28.2 Å². The second-order valence-corrected chi connectivity index (χ2v) is 8.54. The van der Waals surface area contributed by atoms with Gasteiger partial charge < -0.3 is 5.32 Å². The third-order valence-corrected chi connectivity index (χ3v) is 5.87. The first-order valence-electron chi connectivity index (χ1n) is 10.5. The Morgan fingerprint density at radius 3 is 2.50 bits per heavy atom. The van der Waals surface area contributed by atoms with Crippen LogP contribution in [0.4, 0.5) is 5.69 Å². The number of pyridine rings is 2. The van der Waals surface area contributed by atoms with E-state index in [1.54, 1.807) is 19.3 Å². The molecule has 1 saturated carbocycles. The van der Waals surface area contributed by atoms with Crippen LogP contribution in [0.15, 0.2) is 34.1 Å². The highest BCUT2D eigenvalue weighted by Gasteiger charge is 2.28. The van der Waals surface area contributed by atoms with Crippen molar-refractivity contribution in [1.29, 1.82) is 0 Å². The van der Waals surface area contributed by atoms with Gasteiger partial charge in [-0.15, -0.1) is 0 Å². The predicted molar refractivity (Wildman–Crippen MR) is 120 cm³/mol. The Morgan fingerprint density at radius 1 is 1.06 bits per heavy atom. The molecular weight excluding hydrogens is 410 g/mol. The van der Waals surface area contributed by atoms with Gasteiger partial charge >= 0.3 is 5.69 Å². The van der Waals surface area contributed by atoms with Crippen molar-refractivity contribution in [1.82, 2.24) is 28.9 Å². The van der Waals surface area contributed by atoms with Crippen LogP contribution >= 0.6 is 0 Å². The van der Waals surface area contributed by atoms with Gasteiger partial charge in [0.1, 0.15) is 5.65 Å². The molecule has 10 nitrogen and oxygen atoms in total. The Labute approximate surface area is 182 Å². The maximum Gasteiger partial charge on any atom is 0.332 e. The van der Waals surface area contributed by atoms with Crippen LogP contribution in [0.5, 0.6) is 0 Å². The predicted octanol–water partition coefficient (Wildman–Crippen LogP) is 2.09. The van der Waals surface area contributed by atoms with E-state index in [4.69, 9.17) is 4.98 Å². The maximum atomic E-state index is 13.3. The Balaban J connectivity index is 1.59. The fraction of sp³-hybridized carbons (Fsp3) is 0.364. The molecule has 4 aromatic heterocycles. The van der Waals surface area contributed by atoms with Crippen LogP contribution < -0.4 is 16.6 Å². The minimum Gasteiger partial charge on any atom is -0.321 e. The molecule has 0 aromatic carbocycles. The molecule has 0 radical (unpaired) electrons. The molecular formula is C22H23N7O3. The normalized spacial score (nSPS) is 13.9. The number of amides is 1. The fourth-order valence-corrected chi connectivity index (χ4v) is 3.92. The van der Waals surface area contributed by atoms with Gasteiger partial charge in [0.2, 0.25) is 0 Å². The first-order valence-corrected chi connectivity index (χ1v) is 10.5. The highest BCUT2D eigenvalue weighted by atomic mass is 16.2. The number of hydrogen-bond donors (Lipinski definition) is 1. The van der Waals surface area contributed by atoms with Crippen molar-refractivity contribution in [2.45, 2.75) is 38.6 Å². The first kappa shape index (κ1) is 20.1. The Kier molecular flexibility index (Phi) is 4.47. The molecule has 10 heteroatoms. The van der Waals surface area contributed by atoms with Crippen molar-refractivity contribution in [3.05, 3.63) is 56.6 Å². The van der Waals surface area contributed by atoms with Gasteiger partial charge in [-0.1, -0.05) is 0 Å².